The first-order valence-electron chi connectivity index (χ1n) is 7.73. The molecule has 122 valence electrons. The van der Waals surface area contributed by atoms with Crippen LogP contribution in [0.1, 0.15) is 34.8 Å². The molecule has 1 aromatic carbocycles. The van der Waals surface area contributed by atoms with Gasteiger partial charge in [-0.05, 0) is 59.5 Å². The van der Waals surface area contributed by atoms with E-state index in [1.165, 1.54) is 0 Å². The molecule has 0 spiro atoms. The van der Waals surface area contributed by atoms with Crippen molar-refractivity contribution in [2.24, 2.45) is 5.73 Å². The summed E-state index contributed by atoms with van der Waals surface area (Å²) in [6.07, 6.45) is 4.19. The van der Waals surface area contributed by atoms with Gasteiger partial charge in [0.2, 0.25) is 5.91 Å². The van der Waals surface area contributed by atoms with Crippen molar-refractivity contribution >= 4 is 44.4 Å². The zero-order valence-corrected chi connectivity index (χ0v) is 14.7. The first-order chi connectivity index (χ1) is 11.5. The maximum Gasteiger partial charge on any atom is 0.249 e. The van der Waals surface area contributed by atoms with Gasteiger partial charge < -0.3 is 15.6 Å². The number of halogens is 1. The number of carbonyl (C=O) groups is 1. The second-order valence-corrected chi connectivity index (χ2v) is 6.88. The second-order valence-electron chi connectivity index (χ2n) is 6.06. The summed E-state index contributed by atoms with van der Waals surface area (Å²) >= 11 is 3.43. The van der Waals surface area contributed by atoms with Crippen LogP contribution in [-0.2, 0) is 0 Å². The maximum atomic E-state index is 11.6. The molecule has 2 aromatic heterocycles. The number of benzene rings is 1. The highest BCUT2D eigenvalue weighted by Gasteiger charge is 2.26. The third-order valence-electron chi connectivity index (χ3n) is 4.23. The van der Waals surface area contributed by atoms with Gasteiger partial charge in [0.1, 0.15) is 10.1 Å². The third kappa shape index (κ3) is 2.65. The Morgan fingerprint density at radius 1 is 1.38 bits per heavy atom. The van der Waals surface area contributed by atoms with Gasteiger partial charge in [-0.3, -0.25) is 4.79 Å². The van der Waals surface area contributed by atoms with Gasteiger partial charge in [0, 0.05) is 17.3 Å². The van der Waals surface area contributed by atoms with Crippen LogP contribution < -0.4 is 11.1 Å². The number of imidazole rings is 1. The van der Waals surface area contributed by atoms with Crippen molar-refractivity contribution in [3.8, 4) is 0 Å². The van der Waals surface area contributed by atoms with E-state index in [2.05, 4.69) is 35.8 Å². The van der Waals surface area contributed by atoms with Crippen LogP contribution in [0.4, 0.5) is 11.5 Å². The molecule has 1 aliphatic carbocycles. The Kier molecular flexibility index (Phi) is 3.53. The first-order valence-corrected chi connectivity index (χ1v) is 8.53. The predicted molar refractivity (Wildman–Crippen MR) is 96.5 cm³/mol. The van der Waals surface area contributed by atoms with E-state index in [1.807, 2.05) is 31.5 Å². The van der Waals surface area contributed by atoms with Crippen molar-refractivity contribution < 1.29 is 4.79 Å². The molecule has 0 aliphatic heterocycles. The highest BCUT2D eigenvalue weighted by molar-refractivity contribution is 9.10. The average molecular weight is 386 g/mol. The number of nitrogens with zero attached hydrogens (tertiary/aromatic N) is 3. The van der Waals surface area contributed by atoms with E-state index >= 15 is 0 Å². The summed E-state index contributed by atoms with van der Waals surface area (Å²) < 4.78 is 2.88. The van der Waals surface area contributed by atoms with Crippen LogP contribution in [-0.4, -0.2) is 20.4 Å². The number of anilines is 2. The summed E-state index contributed by atoms with van der Waals surface area (Å²) in [6, 6.07) is 7.94. The lowest BCUT2D eigenvalue weighted by atomic mass is 10.1. The lowest BCUT2D eigenvalue weighted by Gasteiger charge is -2.12. The zero-order chi connectivity index (χ0) is 16.8. The van der Waals surface area contributed by atoms with Crippen LogP contribution in [0.3, 0.4) is 0 Å². The van der Waals surface area contributed by atoms with E-state index in [-0.39, 0.29) is 0 Å². The molecule has 0 unspecified atom stereocenters. The molecule has 1 fully saturated rings. The number of pyridine rings is 1. The Labute approximate surface area is 147 Å². The number of nitrogens with two attached hydrogens (primary N) is 1. The Hall–Kier alpha value is -2.41. The summed E-state index contributed by atoms with van der Waals surface area (Å²) in [5.74, 6) is 0.273. The molecule has 0 bridgehead atoms. The Morgan fingerprint density at radius 3 is 2.88 bits per heavy atom. The Balaban J connectivity index is 1.80. The normalized spacial score (nSPS) is 14.1. The van der Waals surface area contributed by atoms with Crippen molar-refractivity contribution in [2.45, 2.75) is 25.8 Å². The van der Waals surface area contributed by atoms with Crippen LogP contribution in [0, 0.1) is 6.92 Å². The van der Waals surface area contributed by atoms with Crippen LogP contribution in [0.2, 0.25) is 0 Å². The van der Waals surface area contributed by atoms with Gasteiger partial charge in [0.05, 0.1) is 11.8 Å². The van der Waals surface area contributed by atoms with E-state index in [0.717, 1.165) is 35.1 Å². The summed E-state index contributed by atoms with van der Waals surface area (Å²) in [5.41, 5.74) is 9.42. The average Bonchev–Trinajstić information content (AvgIpc) is 3.29. The highest BCUT2D eigenvalue weighted by atomic mass is 79.9. The molecule has 0 saturated heterocycles. The number of carbonyl (C=O) groups excluding carboxylic acids is 1. The molecule has 24 heavy (non-hydrogen) atoms. The van der Waals surface area contributed by atoms with Crippen LogP contribution in [0.15, 0.2) is 35.2 Å². The molecule has 1 amide bonds. The number of primary amides is 1. The van der Waals surface area contributed by atoms with Gasteiger partial charge in [-0.15, -0.1) is 0 Å². The molecule has 3 aromatic rings. The van der Waals surface area contributed by atoms with Crippen LogP contribution in [0.5, 0.6) is 0 Å². The topological polar surface area (TPSA) is 85.8 Å². The maximum absolute atomic E-state index is 11.6. The molecule has 3 N–H and O–H groups in total. The minimum absolute atomic E-state index is 0.438. The van der Waals surface area contributed by atoms with E-state index in [0.29, 0.717) is 22.0 Å². The smallest absolute Gasteiger partial charge is 0.249 e. The molecule has 0 atom stereocenters. The molecule has 4 rings (SSSR count). The quantitative estimate of drug-likeness (QED) is 0.670. The number of rotatable bonds is 4. The molecule has 0 radical (unpaired) electrons. The van der Waals surface area contributed by atoms with Crippen molar-refractivity contribution in [1.82, 2.24) is 14.5 Å². The molecule has 7 heteroatoms. The van der Waals surface area contributed by atoms with Crippen molar-refractivity contribution in [3.63, 3.8) is 0 Å². The standard InChI is InChI=1S/C17H16BrN5O/c1-9-2-3-10(6-12(9)16(19)24)21-17-15-13(7-14(18)22-17)20-8-23(15)11-4-5-11/h2-3,6-8,11H,4-5H2,1H3,(H2,19,24)(H,21,22). The van der Waals surface area contributed by atoms with Gasteiger partial charge >= 0.3 is 0 Å². The van der Waals surface area contributed by atoms with Crippen molar-refractivity contribution in [1.29, 1.82) is 0 Å². The van der Waals surface area contributed by atoms with Gasteiger partial charge in [0.15, 0.2) is 5.82 Å². The van der Waals surface area contributed by atoms with E-state index in [9.17, 15) is 4.79 Å². The summed E-state index contributed by atoms with van der Waals surface area (Å²) in [5, 5.41) is 3.31. The SMILES string of the molecule is Cc1ccc(Nc2nc(Br)cc3ncn(C4CC4)c23)cc1C(N)=O. The van der Waals surface area contributed by atoms with Gasteiger partial charge in [0.25, 0.3) is 0 Å². The summed E-state index contributed by atoms with van der Waals surface area (Å²) in [7, 11) is 0. The molecule has 6 nitrogen and oxygen atoms in total. The first kappa shape index (κ1) is 15.1. The minimum atomic E-state index is -0.438. The predicted octanol–water partition coefficient (Wildman–Crippen LogP) is 3.68. The Bertz CT molecular complexity index is 961. The summed E-state index contributed by atoms with van der Waals surface area (Å²) in [6.45, 7) is 1.86. The molecular formula is C17H16BrN5O. The van der Waals surface area contributed by atoms with Crippen LogP contribution >= 0.6 is 15.9 Å². The number of aromatic nitrogens is 3. The number of aryl methyl sites for hydroxylation is 1. The van der Waals surface area contributed by atoms with E-state index in [4.69, 9.17) is 5.73 Å². The fourth-order valence-electron chi connectivity index (χ4n) is 2.85. The lowest BCUT2D eigenvalue weighted by Crippen LogP contribution is -2.13. The fraction of sp³-hybridized carbons (Fsp3) is 0.235. The van der Waals surface area contributed by atoms with E-state index < -0.39 is 5.91 Å². The number of fused-ring (bicyclic) bond motifs is 1. The number of nitrogens with one attached hydrogen (secondary N) is 1. The largest absolute Gasteiger partial charge is 0.366 e. The lowest BCUT2D eigenvalue weighted by molar-refractivity contribution is 0.1000. The van der Waals surface area contributed by atoms with Gasteiger partial charge in [-0.1, -0.05) is 6.07 Å². The number of hydrogen-bond donors (Lipinski definition) is 2. The number of amides is 1. The summed E-state index contributed by atoms with van der Waals surface area (Å²) in [4.78, 5) is 20.6. The zero-order valence-electron chi connectivity index (χ0n) is 13.1. The second kappa shape index (κ2) is 5.59. The fourth-order valence-corrected chi connectivity index (χ4v) is 3.24. The molecule has 2 heterocycles. The minimum Gasteiger partial charge on any atom is -0.366 e. The van der Waals surface area contributed by atoms with E-state index in [1.54, 1.807) is 6.07 Å². The third-order valence-corrected chi connectivity index (χ3v) is 4.63. The van der Waals surface area contributed by atoms with Gasteiger partial charge in [-0.2, -0.15) is 0 Å². The van der Waals surface area contributed by atoms with Crippen LogP contribution in [0.25, 0.3) is 11.0 Å². The molecule has 1 saturated carbocycles. The monoisotopic (exact) mass is 385 g/mol. The molecule has 1 aliphatic rings. The highest BCUT2D eigenvalue weighted by Crippen LogP contribution is 2.39. The Morgan fingerprint density at radius 2 is 2.17 bits per heavy atom. The molecular weight excluding hydrogens is 370 g/mol. The van der Waals surface area contributed by atoms with Crippen molar-refractivity contribution in [2.75, 3.05) is 5.32 Å². The van der Waals surface area contributed by atoms with Crippen molar-refractivity contribution in [3.05, 3.63) is 46.3 Å². The number of hydrogen-bond acceptors (Lipinski definition) is 4. The van der Waals surface area contributed by atoms with Gasteiger partial charge in [-0.25, -0.2) is 9.97 Å².